The lowest BCUT2D eigenvalue weighted by Crippen LogP contribution is -2.52. The summed E-state index contributed by atoms with van der Waals surface area (Å²) in [5, 5.41) is 23.5. The number of aliphatic hydroxyl groups is 1. The molecule has 5 rings (SSSR count). The van der Waals surface area contributed by atoms with Crippen LogP contribution in [0.4, 0.5) is 5.69 Å². The molecule has 1 N–H and O–H groups in total. The fourth-order valence-electron chi connectivity index (χ4n) is 4.92. The number of aliphatic hydroxyl groups excluding tert-OH is 1. The standard InChI is InChI=1S/C28H26ClN5O8/c1-5-41-21(36)13-34-32-27(31-33-34)15-7-6-8-16(10-15)30-12-17-18(35)9-14(2)28(25(17)37)26(38)22-19(39-3)11-20(40-4)23(29)24(22)42-28/h6-8,10-12,14,37H,5,9,13H2,1-4H3/t14-,28+/m1/s1. The predicted octanol–water partition coefficient (Wildman–Crippen LogP) is 3.71. The van der Waals surface area contributed by atoms with Crippen LogP contribution in [0.1, 0.15) is 30.6 Å². The van der Waals surface area contributed by atoms with E-state index in [2.05, 4.69) is 20.4 Å². The lowest BCUT2D eigenvalue weighted by atomic mass is 9.73. The van der Waals surface area contributed by atoms with E-state index >= 15 is 0 Å². The highest BCUT2D eigenvalue weighted by atomic mass is 35.5. The second-order valence-electron chi connectivity index (χ2n) is 9.51. The van der Waals surface area contributed by atoms with Crippen molar-refractivity contribution in [1.29, 1.82) is 0 Å². The topological polar surface area (TPSA) is 164 Å². The molecule has 2 aromatic carbocycles. The molecule has 14 heteroatoms. The van der Waals surface area contributed by atoms with Gasteiger partial charge in [0.15, 0.2) is 23.8 Å². The third-order valence-electron chi connectivity index (χ3n) is 6.99. The van der Waals surface area contributed by atoms with Crippen LogP contribution in [0.15, 0.2) is 46.7 Å². The normalized spacial score (nSPS) is 19.8. The molecular formula is C28H26ClN5O8. The van der Waals surface area contributed by atoms with Gasteiger partial charge in [-0.05, 0) is 24.3 Å². The third-order valence-corrected chi connectivity index (χ3v) is 7.35. The van der Waals surface area contributed by atoms with E-state index in [0.717, 1.165) is 4.80 Å². The van der Waals surface area contributed by atoms with Gasteiger partial charge in [-0.15, -0.1) is 10.2 Å². The minimum Gasteiger partial charge on any atom is -0.507 e. The van der Waals surface area contributed by atoms with E-state index in [0.29, 0.717) is 11.3 Å². The Morgan fingerprint density at radius 3 is 2.74 bits per heavy atom. The van der Waals surface area contributed by atoms with Gasteiger partial charge in [0, 0.05) is 30.2 Å². The van der Waals surface area contributed by atoms with Crippen molar-refractivity contribution in [2.45, 2.75) is 32.4 Å². The Hall–Kier alpha value is -4.78. The van der Waals surface area contributed by atoms with Crippen LogP contribution in [0.25, 0.3) is 11.4 Å². The van der Waals surface area contributed by atoms with Crippen LogP contribution in [0, 0.1) is 5.92 Å². The lowest BCUT2D eigenvalue weighted by molar-refractivity contribution is -0.144. The van der Waals surface area contributed by atoms with Gasteiger partial charge in [-0.3, -0.25) is 14.6 Å². The number of carbonyl (C=O) groups is 3. The van der Waals surface area contributed by atoms with Crippen LogP contribution in [0.3, 0.4) is 0 Å². The molecule has 0 bridgehead atoms. The summed E-state index contributed by atoms with van der Waals surface area (Å²) in [4.78, 5) is 44.1. The largest absolute Gasteiger partial charge is 0.507 e. The van der Waals surface area contributed by atoms with Crippen LogP contribution in [-0.4, -0.2) is 75.5 Å². The number of aliphatic imine (C=N–C) groups is 1. The van der Waals surface area contributed by atoms with E-state index in [1.807, 2.05) is 0 Å². The van der Waals surface area contributed by atoms with Gasteiger partial charge in [-0.25, -0.2) is 4.79 Å². The zero-order valence-corrected chi connectivity index (χ0v) is 23.8. The fourth-order valence-corrected chi connectivity index (χ4v) is 5.19. The second-order valence-corrected chi connectivity index (χ2v) is 9.89. The molecule has 2 atom stereocenters. The molecule has 0 fully saturated rings. The molecule has 1 spiro atoms. The fraction of sp³-hybridized carbons (Fsp3) is 0.321. The van der Waals surface area contributed by atoms with Crippen molar-refractivity contribution < 1.29 is 38.4 Å². The summed E-state index contributed by atoms with van der Waals surface area (Å²) in [6.07, 6.45) is 1.09. The number of carbonyl (C=O) groups excluding carboxylic acids is 3. The van der Waals surface area contributed by atoms with Gasteiger partial charge in [0.2, 0.25) is 17.2 Å². The number of aromatic nitrogens is 4. The Bertz CT molecular complexity index is 1670. The van der Waals surface area contributed by atoms with Gasteiger partial charge in [0.25, 0.3) is 0 Å². The average Bonchev–Trinajstić information content (AvgIpc) is 3.56. The van der Waals surface area contributed by atoms with Crippen molar-refractivity contribution in [2.75, 3.05) is 20.8 Å². The number of esters is 1. The number of allylic oxidation sites excluding steroid dienone is 1. The zero-order valence-electron chi connectivity index (χ0n) is 23.1. The van der Waals surface area contributed by atoms with Gasteiger partial charge in [0.05, 0.1) is 32.1 Å². The molecule has 2 aliphatic rings. The van der Waals surface area contributed by atoms with Crippen LogP contribution in [0.5, 0.6) is 17.2 Å². The maximum atomic E-state index is 13.9. The van der Waals surface area contributed by atoms with Crippen LogP contribution < -0.4 is 14.2 Å². The van der Waals surface area contributed by atoms with Crippen LogP contribution in [-0.2, 0) is 20.9 Å². The number of ether oxygens (including phenoxy) is 4. The van der Waals surface area contributed by atoms with Crippen LogP contribution >= 0.6 is 11.6 Å². The van der Waals surface area contributed by atoms with Gasteiger partial charge >= 0.3 is 5.97 Å². The molecule has 0 saturated carbocycles. The first-order valence-electron chi connectivity index (χ1n) is 12.9. The number of fused-ring (bicyclic) bond motifs is 1. The van der Waals surface area contributed by atoms with Crippen molar-refractivity contribution in [3.8, 4) is 28.6 Å². The summed E-state index contributed by atoms with van der Waals surface area (Å²) < 4.78 is 21.7. The number of benzene rings is 2. The molecule has 0 unspecified atom stereocenters. The van der Waals surface area contributed by atoms with Gasteiger partial charge in [-0.2, -0.15) is 4.80 Å². The Morgan fingerprint density at radius 1 is 1.26 bits per heavy atom. The van der Waals surface area contributed by atoms with E-state index in [1.54, 1.807) is 38.1 Å². The maximum absolute atomic E-state index is 13.9. The Labute approximate surface area is 244 Å². The summed E-state index contributed by atoms with van der Waals surface area (Å²) in [6, 6.07) is 8.17. The average molecular weight is 596 g/mol. The minimum atomic E-state index is -1.91. The molecule has 0 saturated heterocycles. The number of Topliss-reactive ketones (excluding diaryl/α,β-unsaturated/α-hetero) is 2. The molecule has 3 aromatic rings. The summed E-state index contributed by atoms with van der Waals surface area (Å²) in [6.45, 7) is 3.37. The highest BCUT2D eigenvalue weighted by molar-refractivity contribution is 6.35. The minimum absolute atomic E-state index is 0.00175. The second kappa shape index (κ2) is 11.2. The molecule has 0 radical (unpaired) electrons. The van der Waals surface area contributed by atoms with E-state index in [1.165, 1.54) is 26.5 Å². The van der Waals surface area contributed by atoms with Crippen molar-refractivity contribution >= 4 is 41.0 Å². The SMILES string of the molecule is CCOC(=O)Cn1nnc(-c2cccc(N=CC3=C(O)[C@@]4(Oc5c(Cl)c(OC)cc(OC)c5C4=O)[C@H](C)CC3=O)c2)n1. The Kier molecular flexibility index (Phi) is 7.69. The zero-order chi connectivity index (χ0) is 30.2. The number of hydrogen-bond donors (Lipinski definition) is 1. The summed E-state index contributed by atoms with van der Waals surface area (Å²) >= 11 is 6.47. The number of ketones is 2. The Morgan fingerprint density at radius 2 is 2.02 bits per heavy atom. The lowest BCUT2D eigenvalue weighted by Gasteiger charge is -2.36. The molecule has 1 aliphatic heterocycles. The third kappa shape index (κ3) is 4.75. The first-order valence-corrected chi connectivity index (χ1v) is 13.2. The van der Waals surface area contributed by atoms with Crippen LogP contribution in [0.2, 0.25) is 5.02 Å². The predicted molar refractivity (Wildman–Crippen MR) is 149 cm³/mol. The number of hydrogen-bond acceptors (Lipinski definition) is 12. The maximum Gasteiger partial charge on any atom is 0.329 e. The molecule has 0 amide bonds. The molecular weight excluding hydrogens is 570 g/mol. The number of nitrogens with zero attached hydrogens (tertiary/aromatic N) is 5. The van der Waals surface area contributed by atoms with Crippen molar-refractivity contribution in [2.24, 2.45) is 10.9 Å². The van der Waals surface area contributed by atoms with E-state index in [-0.39, 0.29) is 58.8 Å². The summed E-state index contributed by atoms with van der Waals surface area (Å²) in [7, 11) is 2.79. The number of rotatable bonds is 8. The molecule has 42 heavy (non-hydrogen) atoms. The monoisotopic (exact) mass is 595 g/mol. The highest BCUT2D eigenvalue weighted by Gasteiger charge is 2.60. The van der Waals surface area contributed by atoms with Gasteiger partial charge in [0.1, 0.15) is 22.1 Å². The molecule has 13 nitrogen and oxygen atoms in total. The summed E-state index contributed by atoms with van der Waals surface area (Å²) in [5.41, 5.74) is -1.11. The van der Waals surface area contributed by atoms with Gasteiger partial charge in [-0.1, -0.05) is 30.7 Å². The van der Waals surface area contributed by atoms with E-state index in [4.69, 9.17) is 30.5 Å². The molecule has 1 aromatic heterocycles. The Balaban J connectivity index is 1.48. The van der Waals surface area contributed by atoms with E-state index < -0.39 is 34.8 Å². The number of halogens is 1. The van der Waals surface area contributed by atoms with Gasteiger partial charge < -0.3 is 24.1 Å². The van der Waals surface area contributed by atoms with Crippen molar-refractivity contribution in [3.63, 3.8) is 0 Å². The quantitative estimate of drug-likeness (QED) is 0.298. The molecule has 218 valence electrons. The first kappa shape index (κ1) is 28.7. The van der Waals surface area contributed by atoms with Crippen molar-refractivity contribution in [3.05, 3.63) is 52.3 Å². The number of tetrazole rings is 1. The van der Waals surface area contributed by atoms with E-state index in [9.17, 15) is 19.5 Å². The smallest absolute Gasteiger partial charge is 0.329 e. The number of methoxy groups -OCH3 is 2. The summed E-state index contributed by atoms with van der Waals surface area (Å²) in [5.74, 6) is -2.21. The molecule has 2 heterocycles. The first-order chi connectivity index (χ1) is 20.1. The van der Waals surface area contributed by atoms with Crippen molar-refractivity contribution in [1.82, 2.24) is 20.2 Å². The molecule has 1 aliphatic carbocycles. The highest BCUT2D eigenvalue weighted by Crippen LogP contribution is 2.54.